The van der Waals surface area contributed by atoms with Crippen LogP contribution >= 0.6 is 0 Å². The van der Waals surface area contributed by atoms with Gasteiger partial charge < -0.3 is 9.57 Å². The van der Waals surface area contributed by atoms with Crippen molar-refractivity contribution in [2.45, 2.75) is 77.4 Å². The van der Waals surface area contributed by atoms with Crippen molar-refractivity contribution in [2.75, 3.05) is 6.61 Å². The fourth-order valence-corrected chi connectivity index (χ4v) is 7.92. The molecule has 0 aromatic heterocycles. The molecule has 0 radical (unpaired) electrons. The summed E-state index contributed by atoms with van der Waals surface area (Å²) in [7, 11) is 0. The van der Waals surface area contributed by atoms with Gasteiger partial charge in [-0.25, -0.2) is 0 Å². The van der Waals surface area contributed by atoms with Crippen LogP contribution in [0, 0.1) is 48.8 Å². The van der Waals surface area contributed by atoms with Crippen LogP contribution in [0.15, 0.2) is 11.6 Å². The normalized spacial score (nSPS) is 39.9. The topological polar surface area (TPSA) is 165 Å². The first-order chi connectivity index (χ1) is 16.3. The molecular formula is C23H30N2O10. The Morgan fingerprint density at radius 2 is 1.83 bits per heavy atom. The van der Waals surface area contributed by atoms with E-state index >= 15 is 0 Å². The standard InChI is InChI=1S/C23H30N2O10/c1-13(26)33-12-19(28)23(35-25(31)32)9-7-17-16-5-4-14-10-15(27)6-8-21(14,2)20(16)18(34-24(29)30)11-22(17,23)3/h10,16-18,20H,4-9,11-12H2,1-3H3/t16-,17-,18-,20+,21-,22-,23-/m0/s1. The van der Waals surface area contributed by atoms with Crippen molar-refractivity contribution in [3.63, 3.8) is 0 Å². The lowest BCUT2D eigenvalue weighted by Gasteiger charge is -2.60. The quantitative estimate of drug-likeness (QED) is 0.292. The smallest absolute Gasteiger partial charge is 0.303 e. The van der Waals surface area contributed by atoms with Gasteiger partial charge in [-0.2, -0.15) is 0 Å². The maximum absolute atomic E-state index is 13.4. The SMILES string of the molecule is CC(=O)OCC(=O)[C@@]1(O[N+](=O)[O-])CC[C@H]2[C@@H]3CCC4=CC(=O)CC[C@]4(C)[C@H]3[C@@H](O[N+](=O)[O-])C[C@@]21C. The Balaban J connectivity index is 1.79. The fraction of sp³-hybridized carbons (Fsp3) is 0.783. The van der Waals surface area contributed by atoms with Crippen LogP contribution in [-0.4, -0.2) is 46.0 Å². The Bertz CT molecular complexity index is 1010. The van der Waals surface area contributed by atoms with Gasteiger partial charge in [-0.1, -0.05) is 19.4 Å². The summed E-state index contributed by atoms with van der Waals surface area (Å²) < 4.78 is 4.87. The third-order valence-corrected chi connectivity index (χ3v) is 9.30. The highest BCUT2D eigenvalue weighted by Gasteiger charge is 2.71. The molecule has 4 rings (SSSR count). The maximum atomic E-state index is 13.4. The highest BCUT2D eigenvalue weighted by atomic mass is 17.0. The fourth-order valence-electron chi connectivity index (χ4n) is 7.92. The molecule has 192 valence electrons. The average molecular weight is 494 g/mol. The van der Waals surface area contributed by atoms with E-state index in [1.165, 1.54) is 0 Å². The predicted octanol–water partition coefficient (Wildman–Crippen LogP) is 2.78. The summed E-state index contributed by atoms with van der Waals surface area (Å²) in [6, 6.07) is 0. The molecule has 0 amide bonds. The highest BCUT2D eigenvalue weighted by molar-refractivity contribution is 5.92. The van der Waals surface area contributed by atoms with Crippen LogP contribution in [0.25, 0.3) is 0 Å². The van der Waals surface area contributed by atoms with Gasteiger partial charge in [0.25, 0.3) is 10.2 Å². The van der Waals surface area contributed by atoms with Crippen molar-refractivity contribution in [3.05, 3.63) is 31.9 Å². The zero-order chi connectivity index (χ0) is 25.8. The van der Waals surface area contributed by atoms with E-state index < -0.39 is 51.1 Å². The van der Waals surface area contributed by atoms with Crippen molar-refractivity contribution < 1.29 is 39.0 Å². The largest absolute Gasteiger partial charge is 0.458 e. The summed E-state index contributed by atoms with van der Waals surface area (Å²) in [5.74, 6) is -2.05. The molecule has 0 spiro atoms. The van der Waals surface area contributed by atoms with Crippen molar-refractivity contribution in [2.24, 2.45) is 28.6 Å². The molecule has 0 bridgehead atoms. The minimum atomic E-state index is -1.92. The molecule has 0 saturated heterocycles. The van der Waals surface area contributed by atoms with Crippen LogP contribution in [0.3, 0.4) is 0 Å². The average Bonchev–Trinajstić information content (AvgIpc) is 3.04. The first-order valence-corrected chi connectivity index (χ1v) is 11.9. The van der Waals surface area contributed by atoms with Gasteiger partial charge in [0, 0.05) is 18.8 Å². The highest BCUT2D eigenvalue weighted by Crippen LogP contribution is 2.68. The van der Waals surface area contributed by atoms with Crippen LogP contribution in [-0.2, 0) is 28.8 Å². The first-order valence-electron chi connectivity index (χ1n) is 11.9. The van der Waals surface area contributed by atoms with E-state index in [0.29, 0.717) is 32.1 Å². The Morgan fingerprint density at radius 3 is 2.46 bits per heavy atom. The molecule has 35 heavy (non-hydrogen) atoms. The van der Waals surface area contributed by atoms with Crippen LogP contribution in [0.1, 0.15) is 65.7 Å². The third kappa shape index (κ3) is 3.86. The minimum Gasteiger partial charge on any atom is -0.458 e. The summed E-state index contributed by atoms with van der Waals surface area (Å²) in [6.07, 6.45) is 3.29. The van der Waals surface area contributed by atoms with E-state index in [9.17, 15) is 34.6 Å². The molecule has 12 nitrogen and oxygen atoms in total. The molecular weight excluding hydrogens is 464 g/mol. The molecule has 12 heteroatoms. The first kappa shape index (κ1) is 25.1. The van der Waals surface area contributed by atoms with Crippen LogP contribution in [0.2, 0.25) is 0 Å². The van der Waals surface area contributed by atoms with Gasteiger partial charge >= 0.3 is 5.97 Å². The van der Waals surface area contributed by atoms with E-state index in [2.05, 4.69) is 0 Å². The predicted molar refractivity (Wildman–Crippen MR) is 116 cm³/mol. The lowest BCUT2D eigenvalue weighted by molar-refractivity contribution is -0.784. The van der Waals surface area contributed by atoms with E-state index in [4.69, 9.17) is 14.4 Å². The Labute approximate surface area is 201 Å². The molecule has 0 aliphatic heterocycles. The summed E-state index contributed by atoms with van der Waals surface area (Å²) in [4.78, 5) is 70.3. The molecule has 0 aromatic rings. The molecule has 3 fully saturated rings. The zero-order valence-corrected chi connectivity index (χ0v) is 20.0. The van der Waals surface area contributed by atoms with Gasteiger partial charge in [0.2, 0.25) is 5.78 Å². The maximum Gasteiger partial charge on any atom is 0.303 e. The molecule has 0 aromatic carbocycles. The number of carbonyl (C=O) groups excluding carboxylic acids is 3. The number of nitrogens with zero attached hydrogens (tertiary/aromatic N) is 2. The van der Waals surface area contributed by atoms with Crippen molar-refractivity contribution in [1.29, 1.82) is 0 Å². The Hall–Kier alpha value is -3.05. The third-order valence-electron chi connectivity index (χ3n) is 9.30. The summed E-state index contributed by atoms with van der Waals surface area (Å²) in [5.41, 5.74) is -2.61. The van der Waals surface area contributed by atoms with Gasteiger partial charge in [0.05, 0.1) is 0 Å². The summed E-state index contributed by atoms with van der Waals surface area (Å²) in [6.45, 7) is 4.16. The van der Waals surface area contributed by atoms with Crippen LogP contribution in [0.5, 0.6) is 0 Å². The number of ketones is 2. The number of allylic oxidation sites excluding steroid dienone is 1. The molecule has 3 saturated carbocycles. The van der Waals surface area contributed by atoms with E-state index in [0.717, 1.165) is 12.5 Å². The number of hydrogen-bond acceptors (Lipinski definition) is 10. The van der Waals surface area contributed by atoms with Gasteiger partial charge in [-0.05, 0) is 67.8 Å². The van der Waals surface area contributed by atoms with E-state index in [1.807, 2.05) is 6.92 Å². The second-order valence-corrected chi connectivity index (χ2v) is 10.8. The number of rotatable bonds is 7. The van der Waals surface area contributed by atoms with Gasteiger partial charge in [-0.15, -0.1) is 20.2 Å². The van der Waals surface area contributed by atoms with Gasteiger partial charge in [0.1, 0.15) is 6.10 Å². The second-order valence-electron chi connectivity index (χ2n) is 10.8. The number of esters is 1. The molecule has 4 aliphatic rings. The monoisotopic (exact) mass is 494 g/mol. The van der Waals surface area contributed by atoms with E-state index in [-0.39, 0.29) is 36.4 Å². The van der Waals surface area contributed by atoms with Crippen LogP contribution in [0.4, 0.5) is 0 Å². The van der Waals surface area contributed by atoms with Crippen LogP contribution < -0.4 is 0 Å². The minimum absolute atomic E-state index is 0.0176. The molecule has 0 heterocycles. The summed E-state index contributed by atoms with van der Waals surface area (Å²) in [5, 5.41) is 21.3. The van der Waals surface area contributed by atoms with Gasteiger partial charge in [0.15, 0.2) is 18.0 Å². The second kappa shape index (κ2) is 8.56. The number of hydrogen-bond donors (Lipinski definition) is 0. The Morgan fingerprint density at radius 1 is 1.11 bits per heavy atom. The molecule has 0 unspecified atom stereocenters. The van der Waals surface area contributed by atoms with Crippen molar-refractivity contribution in [1.82, 2.24) is 0 Å². The lowest BCUT2D eigenvalue weighted by atomic mass is 9.45. The van der Waals surface area contributed by atoms with E-state index in [1.54, 1.807) is 13.0 Å². The zero-order valence-electron chi connectivity index (χ0n) is 20.0. The molecule has 0 N–H and O–H groups in total. The molecule has 4 aliphatic carbocycles. The van der Waals surface area contributed by atoms with Gasteiger partial charge in [-0.3, -0.25) is 19.2 Å². The van der Waals surface area contributed by atoms with Crippen molar-refractivity contribution in [3.8, 4) is 0 Å². The van der Waals surface area contributed by atoms with Crippen molar-refractivity contribution >= 4 is 17.5 Å². The Kier molecular flexibility index (Phi) is 6.13. The summed E-state index contributed by atoms with van der Waals surface area (Å²) >= 11 is 0. The number of carbonyl (C=O) groups is 3. The lowest BCUT2D eigenvalue weighted by Crippen LogP contribution is -2.63. The number of fused-ring (bicyclic) bond motifs is 5. The molecule has 7 atom stereocenters. The number of Topliss-reactive ketones (excluding diaryl/α,β-unsaturated/α-hetero) is 1. The number of ether oxygens (including phenoxy) is 1.